The summed E-state index contributed by atoms with van der Waals surface area (Å²) in [5.41, 5.74) is 1.72. The molecule has 0 radical (unpaired) electrons. The minimum Gasteiger partial charge on any atom is -0.320 e. The van der Waals surface area contributed by atoms with Crippen molar-refractivity contribution in [3.63, 3.8) is 0 Å². The Morgan fingerprint density at radius 1 is 1.09 bits per heavy atom. The lowest BCUT2D eigenvalue weighted by Gasteiger charge is -2.34. The monoisotopic (exact) mass is 481 g/mol. The summed E-state index contributed by atoms with van der Waals surface area (Å²) in [6, 6.07) is 6.68. The van der Waals surface area contributed by atoms with E-state index in [0.717, 1.165) is 34.9 Å². The lowest BCUT2D eigenvalue weighted by atomic mass is 10.1. The Morgan fingerprint density at radius 2 is 1.78 bits per heavy atom. The van der Waals surface area contributed by atoms with E-state index in [1.165, 1.54) is 12.3 Å². The van der Waals surface area contributed by atoms with Crippen molar-refractivity contribution in [2.75, 3.05) is 37.2 Å². The molecule has 1 aromatic heterocycles. The number of aryl methyl sites for hydroxylation is 1. The molecule has 1 N–H and O–H groups in total. The summed E-state index contributed by atoms with van der Waals surface area (Å²) in [5, 5.41) is 3.73. The summed E-state index contributed by atoms with van der Waals surface area (Å²) in [6.45, 7) is 4.52. The number of sulfonamides is 1. The van der Waals surface area contributed by atoms with Gasteiger partial charge in [-0.3, -0.25) is 9.62 Å². The molecule has 0 unspecified atom stereocenters. The Kier molecular flexibility index (Phi) is 6.03. The minimum atomic E-state index is -3.47. The molecule has 0 atom stereocenters. The van der Waals surface area contributed by atoms with E-state index in [1.54, 1.807) is 11.0 Å². The summed E-state index contributed by atoms with van der Waals surface area (Å²) in [4.78, 5) is 16.9. The fraction of sp³-hybridized carbons (Fsp3) is 0.500. The molecule has 10 nitrogen and oxygen atoms in total. The SMILES string of the molecule is Cc1ccc(CN2CCN(C(=O)n3ccc(NS(C)(=O)=O)n3)CC2)c(S(=O)(=O)C2CC2)c1. The molecule has 1 aromatic carbocycles. The van der Waals surface area contributed by atoms with E-state index in [2.05, 4.69) is 14.7 Å². The molecule has 0 bridgehead atoms. The predicted octanol–water partition coefficient (Wildman–Crippen LogP) is 1.29. The molecular weight excluding hydrogens is 454 g/mol. The van der Waals surface area contributed by atoms with Crippen molar-refractivity contribution in [2.45, 2.75) is 36.5 Å². The zero-order valence-corrected chi connectivity index (χ0v) is 19.7. The van der Waals surface area contributed by atoms with Crippen LogP contribution in [-0.4, -0.2) is 80.1 Å². The number of anilines is 1. The van der Waals surface area contributed by atoms with Crippen LogP contribution in [0.2, 0.25) is 0 Å². The highest BCUT2D eigenvalue weighted by Gasteiger charge is 2.38. The van der Waals surface area contributed by atoms with Crippen LogP contribution in [0.4, 0.5) is 10.6 Å². The number of aromatic nitrogens is 2. The zero-order valence-electron chi connectivity index (χ0n) is 18.1. The summed E-state index contributed by atoms with van der Waals surface area (Å²) >= 11 is 0. The second-order valence-electron chi connectivity index (χ2n) is 8.42. The summed E-state index contributed by atoms with van der Waals surface area (Å²) in [6.07, 6.45) is 3.89. The van der Waals surface area contributed by atoms with Gasteiger partial charge in [-0.15, -0.1) is 5.10 Å². The van der Waals surface area contributed by atoms with Crippen molar-refractivity contribution in [3.05, 3.63) is 41.6 Å². The van der Waals surface area contributed by atoms with Gasteiger partial charge in [0.1, 0.15) is 0 Å². The molecule has 0 spiro atoms. The third-order valence-electron chi connectivity index (χ3n) is 5.60. The average molecular weight is 482 g/mol. The number of carbonyl (C=O) groups is 1. The fourth-order valence-electron chi connectivity index (χ4n) is 3.77. The molecule has 2 fully saturated rings. The molecule has 174 valence electrons. The summed E-state index contributed by atoms with van der Waals surface area (Å²) in [7, 11) is -6.76. The third kappa shape index (κ3) is 5.13. The first-order chi connectivity index (χ1) is 15.0. The molecule has 1 saturated heterocycles. The molecule has 2 heterocycles. The highest BCUT2D eigenvalue weighted by atomic mass is 32.2. The predicted molar refractivity (Wildman–Crippen MR) is 120 cm³/mol. The lowest BCUT2D eigenvalue weighted by Crippen LogP contribution is -2.49. The van der Waals surface area contributed by atoms with Gasteiger partial charge in [0.15, 0.2) is 15.7 Å². The quantitative estimate of drug-likeness (QED) is 0.660. The van der Waals surface area contributed by atoms with Crippen molar-refractivity contribution in [2.24, 2.45) is 0 Å². The smallest absolute Gasteiger partial charge is 0.320 e. The maximum absolute atomic E-state index is 12.9. The molecule has 4 rings (SSSR count). The normalized spacial score (nSPS) is 18.0. The number of piperazine rings is 1. The number of nitrogens with one attached hydrogen (secondary N) is 1. The molecule has 1 aliphatic heterocycles. The van der Waals surface area contributed by atoms with E-state index in [1.807, 2.05) is 19.1 Å². The van der Waals surface area contributed by atoms with Gasteiger partial charge in [0, 0.05) is 45.0 Å². The maximum atomic E-state index is 12.9. The highest BCUT2D eigenvalue weighted by molar-refractivity contribution is 7.92. The largest absolute Gasteiger partial charge is 0.344 e. The van der Waals surface area contributed by atoms with E-state index < -0.39 is 19.9 Å². The molecular formula is C20H27N5O5S2. The van der Waals surface area contributed by atoms with E-state index in [0.29, 0.717) is 37.6 Å². The molecule has 2 aliphatic rings. The van der Waals surface area contributed by atoms with Crippen LogP contribution in [0.1, 0.15) is 24.0 Å². The maximum Gasteiger partial charge on any atom is 0.344 e. The van der Waals surface area contributed by atoms with Gasteiger partial charge >= 0.3 is 6.03 Å². The van der Waals surface area contributed by atoms with Crippen molar-refractivity contribution >= 4 is 31.7 Å². The number of sulfone groups is 1. The van der Waals surface area contributed by atoms with Crippen LogP contribution in [0.5, 0.6) is 0 Å². The second-order valence-corrected chi connectivity index (χ2v) is 12.4. The number of nitrogens with zero attached hydrogens (tertiary/aromatic N) is 4. The van der Waals surface area contributed by atoms with E-state index in [-0.39, 0.29) is 17.1 Å². The Hall–Kier alpha value is -2.44. The molecule has 12 heteroatoms. The second kappa shape index (κ2) is 8.49. The van der Waals surface area contributed by atoms with Crippen molar-refractivity contribution in [1.82, 2.24) is 19.6 Å². The van der Waals surface area contributed by atoms with Crippen LogP contribution in [0.15, 0.2) is 35.4 Å². The Morgan fingerprint density at radius 3 is 2.41 bits per heavy atom. The van der Waals surface area contributed by atoms with Crippen LogP contribution >= 0.6 is 0 Å². The van der Waals surface area contributed by atoms with Crippen LogP contribution in [-0.2, 0) is 26.4 Å². The average Bonchev–Trinajstić information content (AvgIpc) is 3.49. The van der Waals surface area contributed by atoms with Crippen molar-refractivity contribution < 1.29 is 21.6 Å². The zero-order chi connectivity index (χ0) is 23.1. The summed E-state index contributed by atoms with van der Waals surface area (Å²) in [5.74, 6) is 0.0864. The van der Waals surface area contributed by atoms with Gasteiger partial charge in [0.25, 0.3) is 0 Å². The van der Waals surface area contributed by atoms with Crippen molar-refractivity contribution in [1.29, 1.82) is 0 Å². The minimum absolute atomic E-state index is 0.0864. The first-order valence-electron chi connectivity index (χ1n) is 10.4. The Labute approximate surface area is 188 Å². The number of hydrogen-bond acceptors (Lipinski definition) is 7. The van der Waals surface area contributed by atoms with Gasteiger partial charge in [0.2, 0.25) is 10.0 Å². The van der Waals surface area contributed by atoms with Crippen molar-refractivity contribution in [3.8, 4) is 0 Å². The summed E-state index contributed by atoms with van der Waals surface area (Å²) < 4.78 is 51.7. The number of carbonyl (C=O) groups excluding carboxylic acids is 1. The van der Waals surface area contributed by atoms with Crippen LogP contribution in [0.25, 0.3) is 0 Å². The van der Waals surface area contributed by atoms with E-state index in [9.17, 15) is 21.6 Å². The van der Waals surface area contributed by atoms with Gasteiger partial charge < -0.3 is 4.90 Å². The van der Waals surface area contributed by atoms with Crippen LogP contribution in [0, 0.1) is 6.92 Å². The number of amides is 1. The Balaban J connectivity index is 1.39. The standard InChI is InChI=1S/C20H27N5O5S2/c1-15-3-4-16(18(13-15)32(29,30)17-5-6-17)14-23-9-11-24(12-10-23)20(26)25-8-7-19(21-25)22-31(2,27)28/h3-4,7-8,13,17H,5-6,9-12,14H2,1-2H3,(H,21,22). The molecule has 1 saturated carbocycles. The van der Waals surface area contributed by atoms with Crippen LogP contribution < -0.4 is 4.72 Å². The third-order valence-corrected chi connectivity index (χ3v) is 8.53. The first kappa shape index (κ1) is 22.7. The van der Waals surface area contributed by atoms with E-state index in [4.69, 9.17) is 0 Å². The lowest BCUT2D eigenvalue weighted by molar-refractivity contribution is 0.134. The van der Waals surface area contributed by atoms with Gasteiger partial charge in [-0.1, -0.05) is 12.1 Å². The first-order valence-corrected chi connectivity index (χ1v) is 13.9. The topological polar surface area (TPSA) is 122 Å². The van der Waals surface area contributed by atoms with Gasteiger partial charge in [-0.25, -0.2) is 21.6 Å². The number of benzene rings is 1. The van der Waals surface area contributed by atoms with Gasteiger partial charge in [-0.2, -0.15) is 4.68 Å². The fourth-order valence-corrected chi connectivity index (χ4v) is 6.23. The Bertz CT molecular complexity index is 1230. The molecule has 1 amide bonds. The van der Waals surface area contributed by atoms with Gasteiger partial charge in [-0.05, 0) is 37.0 Å². The number of rotatable bonds is 6. The highest BCUT2D eigenvalue weighted by Crippen LogP contribution is 2.35. The molecule has 32 heavy (non-hydrogen) atoms. The van der Waals surface area contributed by atoms with Gasteiger partial charge in [0.05, 0.1) is 16.4 Å². The van der Waals surface area contributed by atoms with E-state index >= 15 is 0 Å². The van der Waals surface area contributed by atoms with Crippen LogP contribution in [0.3, 0.4) is 0 Å². The number of hydrogen-bond donors (Lipinski definition) is 1. The molecule has 2 aromatic rings. The molecule has 1 aliphatic carbocycles.